The van der Waals surface area contributed by atoms with Gasteiger partial charge in [0.05, 0.1) is 11.4 Å². The molecular weight excluding hydrogens is 314 g/mol. The Bertz CT molecular complexity index is 607. The fourth-order valence-electron chi connectivity index (χ4n) is 1.42. The summed E-state index contributed by atoms with van der Waals surface area (Å²) in [7, 11) is 0. The number of amides is 1. The Morgan fingerprint density at radius 1 is 1.45 bits per heavy atom. The molecule has 2 aromatic rings. The van der Waals surface area contributed by atoms with Gasteiger partial charge in [-0.1, -0.05) is 23.1 Å². The van der Waals surface area contributed by atoms with Crippen molar-refractivity contribution < 1.29 is 4.79 Å². The molecule has 1 fully saturated rings. The maximum Gasteiger partial charge on any atom is 0.236 e. The standard InChI is InChI=1S/C11H13N5OS3/c1-6-4-18-9(12-6)14-8(17)5-19-11-16-15-10(20-11)13-7-2-3-7/h4,7H,2-3,5H2,1H3,(H,13,15)(H,12,14,17). The van der Waals surface area contributed by atoms with Crippen LogP contribution < -0.4 is 10.6 Å². The summed E-state index contributed by atoms with van der Waals surface area (Å²) in [5.41, 5.74) is 0.915. The highest BCUT2D eigenvalue weighted by atomic mass is 32.2. The molecule has 2 aromatic heterocycles. The molecular formula is C11H13N5OS3. The van der Waals surface area contributed by atoms with Crippen molar-refractivity contribution in [2.45, 2.75) is 30.1 Å². The Kier molecular flexibility index (Phi) is 4.18. The van der Waals surface area contributed by atoms with Crippen LogP contribution in [0.3, 0.4) is 0 Å². The molecule has 1 aliphatic rings. The van der Waals surface area contributed by atoms with E-state index in [-0.39, 0.29) is 5.91 Å². The third kappa shape index (κ3) is 3.90. The third-order valence-corrected chi connectivity index (χ3v) is 5.37. The van der Waals surface area contributed by atoms with Crippen molar-refractivity contribution in [2.75, 3.05) is 16.4 Å². The molecule has 0 saturated heterocycles. The quantitative estimate of drug-likeness (QED) is 0.794. The Labute approximate surface area is 128 Å². The smallest absolute Gasteiger partial charge is 0.236 e. The Morgan fingerprint density at radius 3 is 3.00 bits per heavy atom. The van der Waals surface area contributed by atoms with Crippen molar-refractivity contribution in [3.8, 4) is 0 Å². The maximum atomic E-state index is 11.8. The van der Waals surface area contributed by atoms with Gasteiger partial charge in [-0.3, -0.25) is 4.79 Å². The third-order valence-electron chi connectivity index (χ3n) is 2.50. The molecule has 6 nitrogen and oxygen atoms in total. The number of thioether (sulfide) groups is 1. The summed E-state index contributed by atoms with van der Waals surface area (Å²) in [5, 5.41) is 17.6. The van der Waals surface area contributed by atoms with Crippen molar-refractivity contribution in [3.05, 3.63) is 11.1 Å². The SMILES string of the molecule is Cc1csc(NC(=O)CSc2nnc(NC3CC3)s2)n1. The van der Waals surface area contributed by atoms with Gasteiger partial charge in [-0.25, -0.2) is 4.98 Å². The van der Waals surface area contributed by atoms with Crippen LogP contribution in [0.2, 0.25) is 0 Å². The van der Waals surface area contributed by atoms with Gasteiger partial charge in [0.2, 0.25) is 11.0 Å². The Balaban J connectivity index is 1.45. The topological polar surface area (TPSA) is 79.8 Å². The minimum atomic E-state index is -0.0729. The van der Waals surface area contributed by atoms with E-state index in [1.165, 1.54) is 47.3 Å². The zero-order valence-corrected chi connectivity index (χ0v) is 13.2. The molecule has 0 spiro atoms. The van der Waals surface area contributed by atoms with Crippen molar-refractivity contribution >= 4 is 50.6 Å². The predicted octanol–water partition coefficient (Wildman–Crippen LogP) is 2.61. The zero-order chi connectivity index (χ0) is 13.9. The van der Waals surface area contributed by atoms with E-state index in [9.17, 15) is 4.79 Å². The molecule has 106 valence electrons. The molecule has 1 aliphatic carbocycles. The van der Waals surface area contributed by atoms with E-state index in [1.54, 1.807) is 0 Å². The summed E-state index contributed by atoms with van der Waals surface area (Å²) in [6.45, 7) is 1.90. The molecule has 0 unspecified atom stereocenters. The van der Waals surface area contributed by atoms with Crippen LogP contribution in [0.4, 0.5) is 10.3 Å². The first-order valence-electron chi connectivity index (χ1n) is 6.14. The van der Waals surface area contributed by atoms with Crippen molar-refractivity contribution in [3.63, 3.8) is 0 Å². The van der Waals surface area contributed by atoms with Crippen LogP contribution in [-0.4, -0.2) is 32.9 Å². The van der Waals surface area contributed by atoms with Gasteiger partial charge in [0, 0.05) is 11.4 Å². The highest BCUT2D eigenvalue weighted by Gasteiger charge is 2.22. The lowest BCUT2D eigenvalue weighted by Gasteiger charge is -1.99. The number of hydrogen-bond acceptors (Lipinski definition) is 8. The van der Waals surface area contributed by atoms with E-state index in [4.69, 9.17) is 0 Å². The van der Waals surface area contributed by atoms with Gasteiger partial charge in [-0.15, -0.1) is 21.5 Å². The van der Waals surface area contributed by atoms with E-state index >= 15 is 0 Å². The van der Waals surface area contributed by atoms with Crippen LogP contribution in [0.25, 0.3) is 0 Å². The predicted molar refractivity (Wildman–Crippen MR) is 82.8 cm³/mol. The first kappa shape index (κ1) is 13.8. The van der Waals surface area contributed by atoms with Gasteiger partial charge >= 0.3 is 0 Å². The number of carbonyl (C=O) groups is 1. The van der Waals surface area contributed by atoms with Crippen LogP contribution in [0.1, 0.15) is 18.5 Å². The number of rotatable bonds is 6. The molecule has 9 heteroatoms. The first-order valence-corrected chi connectivity index (χ1v) is 8.82. The minimum absolute atomic E-state index is 0.0729. The van der Waals surface area contributed by atoms with Gasteiger partial charge in [0.15, 0.2) is 9.47 Å². The molecule has 2 N–H and O–H groups in total. The van der Waals surface area contributed by atoms with Crippen LogP contribution in [0.5, 0.6) is 0 Å². The summed E-state index contributed by atoms with van der Waals surface area (Å²) < 4.78 is 0.804. The second-order valence-electron chi connectivity index (χ2n) is 4.42. The average Bonchev–Trinajstić information content (AvgIpc) is 2.95. The van der Waals surface area contributed by atoms with E-state index < -0.39 is 0 Å². The number of carbonyl (C=O) groups excluding carboxylic acids is 1. The molecule has 1 saturated carbocycles. The Morgan fingerprint density at radius 2 is 2.30 bits per heavy atom. The Hall–Kier alpha value is -1.19. The first-order chi connectivity index (χ1) is 9.69. The van der Waals surface area contributed by atoms with E-state index in [0.29, 0.717) is 16.9 Å². The lowest BCUT2D eigenvalue weighted by atomic mass is 10.6. The average molecular weight is 327 g/mol. The van der Waals surface area contributed by atoms with E-state index in [1.807, 2.05) is 12.3 Å². The van der Waals surface area contributed by atoms with Gasteiger partial charge in [-0.05, 0) is 19.8 Å². The van der Waals surface area contributed by atoms with Crippen LogP contribution in [0.15, 0.2) is 9.72 Å². The van der Waals surface area contributed by atoms with E-state index in [0.717, 1.165) is 15.2 Å². The van der Waals surface area contributed by atoms with Crippen LogP contribution in [0, 0.1) is 6.92 Å². The molecule has 20 heavy (non-hydrogen) atoms. The molecule has 0 aromatic carbocycles. The largest absolute Gasteiger partial charge is 0.357 e. The number of nitrogens with zero attached hydrogens (tertiary/aromatic N) is 3. The maximum absolute atomic E-state index is 11.8. The lowest BCUT2D eigenvalue weighted by Crippen LogP contribution is -2.13. The van der Waals surface area contributed by atoms with E-state index in [2.05, 4.69) is 25.8 Å². The number of thiazole rings is 1. The molecule has 0 aliphatic heterocycles. The van der Waals surface area contributed by atoms with Gasteiger partial charge < -0.3 is 10.6 Å². The van der Waals surface area contributed by atoms with Crippen molar-refractivity contribution in [1.82, 2.24) is 15.2 Å². The van der Waals surface area contributed by atoms with Gasteiger partial charge in [0.25, 0.3) is 0 Å². The molecule has 0 atom stereocenters. The fourth-order valence-corrected chi connectivity index (χ4v) is 3.76. The fraction of sp³-hybridized carbons (Fsp3) is 0.455. The number of anilines is 2. The summed E-state index contributed by atoms with van der Waals surface area (Å²) in [6, 6.07) is 0.567. The monoisotopic (exact) mass is 327 g/mol. The van der Waals surface area contributed by atoms with Crippen LogP contribution >= 0.6 is 34.4 Å². The number of hydrogen-bond donors (Lipinski definition) is 2. The second-order valence-corrected chi connectivity index (χ2v) is 7.48. The highest BCUT2D eigenvalue weighted by Crippen LogP contribution is 2.30. The summed E-state index contributed by atoms with van der Waals surface area (Å²) >= 11 is 4.31. The summed E-state index contributed by atoms with van der Waals surface area (Å²) in [4.78, 5) is 16.0. The van der Waals surface area contributed by atoms with Gasteiger partial charge in [0.1, 0.15) is 0 Å². The van der Waals surface area contributed by atoms with Crippen molar-refractivity contribution in [1.29, 1.82) is 0 Å². The molecule has 0 radical (unpaired) electrons. The normalized spacial score (nSPS) is 14.2. The minimum Gasteiger partial charge on any atom is -0.357 e. The van der Waals surface area contributed by atoms with Gasteiger partial charge in [-0.2, -0.15) is 0 Å². The number of aromatic nitrogens is 3. The summed E-state index contributed by atoms with van der Waals surface area (Å²) in [5.74, 6) is 0.243. The molecule has 0 bridgehead atoms. The molecule has 3 rings (SSSR count). The number of aryl methyl sites for hydroxylation is 1. The summed E-state index contributed by atoms with van der Waals surface area (Å²) in [6.07, 6.45) is 2.41. The highest BCUT2D eigenvalue weighted by molar-refractivity contribution is 8.01. The molecule has 1 amide bonds. The lowest BCUT2D eigenvalue weighted by molar-refractivity contribution is -0.113. The zero-order valence-electron chi connectivity index (χ0n) is 10.8. The second kappa shape index (κ2) is 6.06. The molecule has 2 heterocycles. The van der Waals surface area contributed by atoms with Crippen molar-refractivity contribution in [2.24, 2.45) is 0 Å². The number of nitrogens with one attached hydrogen (secondary N) is 2. The van der Waals surface area contributed by atoms with Crippen LogP contribution in [-0.2, 0) is 4.79 Å².